The van der Waals surface area contributed by atoms with Crippen molar-refractivity contribution in [2.24, 2.45) is 5.92 Å². The minimum absolute atomic E-state index is 0.249. The van der Waals surface area contributed by atoms with Crippen molar-refractivity contribution in [3.8, 4) is 5.75 Å². The summed E-state index contributed by atoms with van der Waals surface area (Å²) in [4.78, 5) is 2.38. The topological polar surface area (TPSA) is 37.6 Å². The van der Waals surface area contributed by atoms with Crippen molar-refractivity contribution in [1.82, 2.24) is 9.47 Å². The molecule has 0 amide bonds. The molecule has 144 valence electrons. The summed E-state index contributed by atoms with van der Waals surface area (Å²) >= 11 is 0. The zero-order valence-corrected chi connectivity index (χ0v) is 16.7. The fraction of sp³-hybridized carbons (Fsp3) is 0.545. The number of methoxy groups -OCH3 is 1. The van der Waals surface area contributed by atoms with Gasteiger partial charge in [-0.1, -0.05) is 39.3 Å². The summed E-state index contributed by atoms with van der Waals surface area (Å²) in [5.41, 5.74) is 2.50. The standard InChI is InChI=1S/C22H34N2O2/c1-5-8-21(25)17-23(14-18(2)3)16-20-10-7-12-24(20)15-19-9-6-11-22(13-19)26-4/h6-7,9-13,18,21,25H,5,8,14-17H2,1-4H3/t21-/m1/s1. The molecule has 1 aromatic carbocycles. The van der Waals surface area contributed by atoms with E-state index < -0.39 is 0 Å². The van der Waals surface area contributed by atoms with Crippen LogP contribution in [0.3, 0.4) is 0 Å². The number of hydrogen-bond donors (Lipinski definition) is 1. The number of aliphatic hydroxyl groups excluding tert-OH is 1. The average Bonchev–Trinajstić information content (AvgIpc) is 3.01. The van der Waals surface area contributed by atoms with Gasteiger partial charge in [0.25, 0.3) is 0 Å². The molecule has 0 fully saturated rings. The fourth-order valence-electron chi connectivity index (χ4n) is 3.39. The van der Waals surface area contributed by atoms with E-state index >= 15 is 0 Å². The molecule has 0 spiro atoms. The van der Waals surface area contributed by atoms with Gasteiger partial charge in [-0.15, -0.1) is 0 Å². The first-order valence-corrected chi connectivity index (χ1v) is 9.69. The van der Waals surface area contributed by atoms with Gasteiger partial charge in [-0.3, -0.25) is 4.90 Å². The summed E-state index contributed by atoms with van der Waals surface area (Å²) in [5.74, 6) is 1.46. The summed E-state index contributed by atoms with van der Waals surface area (Å²) in [6.45, 7) is 9.99. The molecule has 0 aliphatic carbocycles. The lowest BCUT2D eigenvalue weighted by atomic mass is 10.1. The molecule has 0 bridgehead atoms. The van der Waals surface area contributed by atoms with E-state index in [-0.39, 0.29) is 6.10 Å². The predicted octanol–water partition coefficient (Wildman–Crippen LogP) is 4.16. The molecule has 2 rings (SSSR count). The smallest absolute Gasteiger partial charge is 0.119 e. The zero-order chi connectivity index (χ0) is 18.9. The molecule has 1 atom stereocenters. The third-order valence-corrected chi connectivity index (χ3v) is 4.51. The Morgan fingerprint density at radius 2 is 1.96 bits per heavy atom. The normalized spacial score (nSPS) is 12.7. The highest BCUT2D eigenvalue weighted by Crippen LogP contribution is 2.16. The Morgan fingerprint density at radius 3 is 2.65 bits per heavy atom. The largest absolute Gasteiger partial charge is 0.497 e. The Balaban J connectivity index is 2.08. The Hall–Kier alpha value is -1.78. The van der Waals surface area contributed by atoms with Crippen LogP contribution < -0.4 is 4.74 Å². The van der Waals surface area contributed by atoms with E-state index in [9.17, 15) is 5.11 Å². The maximum absolute atomic E-state index is 10.3. The summed E-state index contributed by atoms with van der Waals surface area (Å²) in [6, 6.07) is 12.5. The fourth-order valence-corrected chi connectivity index (χ4v) is 3.39. The Labute approximate surface area is 158 Å². The zero-order valence-electron chi connectivity index (χ0n) is 16.7. The first-order valence-electron chi connectivity index (χ1n) is 9.69. The predicted molar refractivity (Wildman–Crippen MR) is 108 cm³/mol. The summed E-state index contributed by atoms with van der Waals surface area (Å²) in [6.07, 6.45) is 3.76. The molecule has 0 aliphatic heterocycles. The van der Waals surface area contributed by atoms with Crippen LogP contribution in [0.5, 0.6) is 5.75 Å². The second kappa shape index (κ2) is 10.4. The van der Waals surface area contributed by atoms with Gasteiger partial charge in [0.15, 0.2) is 0 Å². The molecule has 26 heavy (non-hydrogen) atoms. The van der Waals surface area contributed by atoms with Gasteiger partial charge in [0, 0.05) is 38.1 Å². The first kappa shape index (κ1) is 20.5. The van der Waals surface area contributed by atoms with Crippen molar-refractivity contribution in [2.75, 3.05) is 20.2 Å². The molecule has 1 heterocycles. The first-order chi connectivity index (χ1) is 12.5. The van der Waals surface area contributed by atoms with E-state index in [4.69, 9.17) is 4.74 Å². The van der Waals surface area contributed by atoms with Crippen molar-refractivity contribution in [2.45, 2.75) is 52.8 Å². The summed E-state index contributed by atoms with van der Waals surface area (Å²) in [7, 11) is 1.70. The van der Waals surface area contributed by atoms with Crippen LogP contribution in [0.2, 0.25) is 0 Å². The molecule has 4 nitrogen and oxygen atoms in total. The van der Waals surface area contributed by atoms with Crippen molar-refractivity contribution >= 4 is 0 Å². The number of aromatic nitrogens is 1. The van der Waals surface area contributed by atoms with Gasteiger partial charge >= 0.3 is 0 Å². The molecule has 1 N–H and O–H groups in total. The number of hydrogen-bond acceptors (Lipinski definition) is 3. The number of nitrogens with zero attached hydrogens (tertiary/aromatic N) is 2. The van der Waals surface area contributed by atoms with Gasteiger partial charge in [-0.05, 0) is 42.2 Å². The van der Waals surface area contributed by atoms with Crippen LogP contribution in [0, 0.1) is 5.92 Å². The minimum Gasteiger partial charge on any atom is -0.497 e. The Morgan fingerprint density at radius 1 is 1.15 bits per heavy atom. The highest BCUT2D eigenvalue weighted by Gasteiger charge is 2.15. The molecule has 1 aromatic heterocycles. The molecule has 0 aliphatic rings. The number of aliphatic hydroxyl groups is 1. The van der Waals surface area contributed by atoms with Crippen molar-refractivity contribution in [1.29, 1.82) is 0 Å². The lowest BCUT2D eigenvalue weighted by molar-refractivity contribution is 0.0932. The number of rotatable bonds is 11. The van der Waals surface area contributed by atoms with E-state index in [0.29, 0.717) is 5.92 Å². The van der Waals surface area contributed by atoms with Crippen molar-refractivity contribution in [3.63, 3.8) is 0 Å². The molecule has 0 saturated heterocycles. The number of benzene rings is 1. The summed E-state index contributed by atoms with van der Waals surface area (Å²) in [5, 5.41) is 10.3. The molecule has 0 unspecified atom stereocenters. The van der Waals surface area contributed by atoms with Gasteiger partial charge in [0.05, 0.1) is 13.2 Å². The molecule has 0 saturated carbocycles. The maximum atomic E-state index is 10.3. The SMILES string of the molecule is CCC[C@@H](O)CN(Cc1cccn1Cc1cccc(OC)c1)CC(C)C. The van der Waals surface area contributed by atoms with Crippen LogP contribution in [0.4, 0.5) is 0 Å². The molecular weight excluding hydrogens is 324 g/mol. The highest BCUT2D eigenvalue weighted by atomic mass is 16.5. The van der Waals surface area contributed by atoms with E-state index in [0.717, 1.165) is 44.8 Å². The van der Waals surface area contributed by atoms with Crippen LogP contribution in [0.15, 0.2) is 42.6 Å². The third kappa shape index (κ3) is 6.50. The Bertz CT molecular complexity index is 651. The monoisotopic (exact) mass is 358 g/mol. The molecule has 4 heteroatoms. The third-order valence-electron chi connectivity index (χ3n) is 4.51. The lowest BCUT2D eigenvalue weighted by Gasteiger charge is -2.27. The van der Waals surface area contributed by atoms with Gasteiger partial charge in [-0.2, -0.15) is 0 Å². The molecular formula is C22H34N2O2. The van der Waals surface area contributed by atoms with E-state index in [1.165, 1.54) is 11.3 Å². The average molecular weight is 359 g/mol. The Kier molecular flexibility index (Phi) is 8.20. The van der Waals surface area contributed by atoms with Crippen LogP contribution in [0.25, 0.3) is 0 Å². The van der Waals surface area contributed by atoms with Gasteiger partial charge < -0.3 is 14.4 Å². The summed E-state index contributed by atoms with van der Waals surface area (Å²) < 4.78 is 7.62. The van der Waals surface area contributed by atoms with Gasteiger partial charge in [-0.25, -0.2) is 0 Å². The van der Waals surface area contributed by atoms with Crippen LogP contribution in [-0.4, -0.2) is 40.9 Å². The van der Waals surface area contributed by atoms with E-state index in [1.807, 2.05) is 12.1 Å². The van der Waals surface area contributed by atoms with Gasteiger partial charge in [0.1, 0.15) is 5.75 Å². The number of ether oxygens (including phenoxy) is 1. The quantitative estimate of drug-likeness (QED) is 0.655. The highest BCUT2D eigenvalue weighted by molar-refractivity contribution is 5.29. The van der Waals surface area contributed by atoms with Crippen LogP contribution >= 0.6 is 0 Å². The lowest BCUT2D eigenvalue weighted by Crippen LogP contribution is -2.35. The van der Waals surface area contributed by atoms with Crippen molar-refractivity contribution < 1.29 is 9.84 Å². The van der Waals surface area contributed by atoms with Crippen molar-refractivity contribution in [3.05, 3.63) is 53.9 Å². The second-order valence-electron chi connectivity index (χ2n) is 7.51. The molecule has 0 radical (unpaired) electrons. The minimum atomic E-state index is -0.249. The van der Waals surface area contributed by atoms with Gasteiger partial charge in [0.2, 0.25) is 0 Å². The second-order valence-corrected chi connectivity index (χ2v) is 7.51. The van der Waals surface area contributed by atoms with Crippen LogP contribution in [0.1, 0.15) is 44.9 Å². The van der Waals surface area contributed by atoms with Crippen LogP contribution in [-0.2, 0) is 13.1 Å². The van der Waals surface area contributed by atoms with E-state index in [1.54, 1.807) is 7.11 Å². The maximum Gasteiger partial charge on any atom is 0.119 e. The van der Waals surface area contributed by atoms with E-state index in [2.05, 4.69) is 60.7 Å². The molecule has 2 aromatic rings.